The maximum atomic E-state index is 8.61. The van der Waals surface area contributed by atoms with E-state index in [1.807, 2.05) is 64.1 Å². The van der Waals surface area contributed by atoms with E-state index in [1.165, 1.54) is 0 Å². The van der Waals surface area contributed by atoms with Gasteiger partial charge in [0.05, 0.1) is 15.3 Å². The van der Waals surface area contributed by atoms with Crippen LogP contribution in [0.2, 0.25) is 0 Å². The lowest BCUT2D eigenvalue weighted by Gasteiger charge is -2.32. The van der Waals surface area contributed by atoms with Gasteiger partial charge in [0.2, 0.25) is 0 Å². The van der Waals surface area contributed by atoms with Crippen LogP contribution in [-0.2, 0) is 9.31 Å². The van der Waals surface area contributed by atoms with Crippen LogP contribution in [0.15, 0.2) is 58.9 Å². The molecule has 4 aromatic rings. The van der Waals surface area contributed by atoms with E-state index in [4.69, 9.17) is 17.8 Å². The van der Waals surface area contributed by atoms with Crippen molar-refractivity contribution < 1.29 is 17.8 Å². The standard InChI is InChI=1S/C22H21BO3/c1-21(2)22(3,4)26-23(25-21)17-10-7-11-18-20(17)16-12-14-8-5-6-9-15(14)13-19(16)24-18/h5-13H,1-4H3/i7D,10D,11D. The smallest absolute Gasteiger partial charge is 0.456 e. The second-order valence-corrected chi connectivity index (χ2v) is 7.88. The fraction of sp³-hybridized carbons (Fsp3) is 0.273. The van der Waals surface area contributed by atoms with Crippen molar-refractivity contribution in [2.75, 3.05) is 0 Å². The van der Waals surface area contributed by atoms with Crippen molar-refractivity contribution in [3.05, 3.63) is 54.5 Å². The molecule has 0 amide bonds. The highest BCUT2D eigenvalue weighted by Crippen LogP contribution is 2.38. The minimum Gasteiger partial charge on any atom is -0.456 e. The average molecular weight is 347 g/mol. The van der Waals surface area contributed by atoms with Gasteiger partial charge in [0, 0.05) is 10.8 Å². The van der Waals surface area contributed by atoms with Crippen molar-refractivity contribution in [3.8, 4) is 0 Å². The molecular formula is C22H21BO3. The Bertz CT molecular complexity index is 1290. The Morgan fingerprint density at radius 1 is 0.885 bits per heavy atom. The maximum Gasteiger partial charge on any atom is 0.495 e. The van der Waals surface area contributed by atoms with Crippen molar-refractivity contribution in [1.82, 2.24) is 0 Å². The van der Waals surface area contributed by atoms with Crippen LogP contribution in [0.25, 0.3) is 32.7 Å². The molecule has 1 aromatic heterocycles. The summed E-state index contributed by atoms with van der Waals surface area (Å²) in [6, 6.07) is 11.6. The molecule has 2 heterocycles. The summed E-state index contributed by atoms with van der Waals surface area (Å²) >= 11 is 0. The van der Waals surface area contributed by atoms with E-state index in [-0.39, 0.29) is 18.1 Å². The highest BCUT2D eigenvalue weighted by molar-refractivity contribution is 6.66. The lowest BCUT2D eigenvalue weighted by Crippen LogP contribution is -2.41. The summed E-state index contributed by atoms with van der Waals surface area (Å²) in [6.07, 6.45) is 0. The Hall–Kier alpha value is -2.30. The molecule has 0 N–H and O–H groups in total. The molecule has 1 fully saturated rings. The van der Waals surface area contributed by atoms with E-state index in [1.54, 1.807) is 0 Å². The van der Waals surface area contributed by atoms with E-state index in [2.05, 4.69) is 0 Å². The van der Waals surface area contributed by atoms with Gasteiger partial charge in [0.25, 0.3) is 0 Å². The first-order valence-electron chi connectivity index (χ1n) is 10.3. The monoisotopic (exact) mass is 347 g/mol. The Morgan fingerprint density at radius 2 is 1.54 bits per heavy atom. The summed E-state index contributed by atoms with van der Waals surface area (Å²) in [4.78, 5) is 0. The number of hydrogen-bond acceptors (Lipinski definition) is 3. The van der Waals surface area contributed by atoms with Gasteiger partial charge in [0.15, 0.2) is 0 Å². The zero-order valence-corrected chi connectivity index (χ0v) is 15.3. The van der Waals surface area contributed by atoms with E-state index in [9.17, 15) is 0 Å². The van der Waals surface area contributed by atoms with E-state index < -0.39 is 18.3 Å². The Balaban J connectivity index is 1.89. The molecular weight excluding hydrogens is 323 g/mol. The number of furan rings is 1. The van der Waals surface area contributed by atoms with Crippen LogP contribution in [0.4, 0.5) is 0 Å². The molecule has 0 bridgehead atoms. The summed E-state index contributed by atoms with van der Waals surface area (Å²) in [7, 11) is -0.813. The molecule has 5 rings (SSSR count). The highest BCUT2D eigenvalue weighted by Gasteiger charge is 2.52. The zero-order valence-electron chi connectivity index (χ0n) is 18.3. The Kier molecular flexibility index (Phi) is 2.55. The van der Waals surface area contributed by atoms with Crippen LogP contribution in [0.1, 0.15) is 31.8 Å². The van der Waals surface area contributed by atoms with Gasteiger partial charge in [-0.15, -0.1) is 0 Å². The molecule has 1 aliphatic rings. The molecule has 0 radical (unpaired) electrons. The van der Waals surface area contributed by atoms with Crippen molar-refractivity contribution in [2.24, 2.45) is 0 Å². The summed E-state index contributed by atoms with van der Waals surface area (Å²) in [5.74, 6) is 0. The fourth-order valence-electron chi connectivity index (χ4n) is 3.49. The molecule has 0 aliphatic carbocycles. The van der Waals surface area contributed by atoms with Gasteiger partial charge in [-0.05, 0) is 62.1 Å². The Labute approximate surface area is 157 Å². The quantitative estimate of drug-likeness (QED) is 0.452. The van der Waals surface area contributed by atoms with E-state index >= 15 is 0 Å². The van der Waals surface area contributed by atoms with Crippen LogP contribution in [0, 0.1) is 0 Å². The highest BCUT2D eigenvalue weighted by atomic mass is 16.7. The third-order valence-corrected chi connectivity index (χ3v) is 5.69. The summed E-state index contributed by atoms with van der Waals surface area (Å²) in [5.41, 5.74) is 0.208. The molecule has 0 atom stereocenters. The van der Waals surface area contributed by atoms with Crippen LogP contribution in [0.3, 0.4) is 0 Å². The number of fused-ring (bicyclic) bond motifs is 4. The molecule has 3 aromatic carbocycles. The summed E-state index contributed by atoms with van der Waals surface area (Å²) in [6.45, 7) is 7.81. The van der Waals surface area contributed by atoms with Gasteiger partial charge < -0.3 is 13.7 Å². The largest absolute Gasteiger partial charge is 0.495 e. The fourth-order valence-corrected chi connectivity index (χ4v) is 3.49. The SMILES string of the molecule is [2H]c1c([2H])c(B2OC(C)(C)C(C)(C)O2)c2c(oc3cc4ccccc4cc32)c1[2H]. The van der Waals surface area contributed by atoms with Crippen LogP contribution in [-0.4, -0.2) is 18.3 Å². The normalized spacial score (nSPS) is 20.6. The summed E-state index contributed by atoms with van der Waals surface area (Å²) in [5, 5.41) is 3.48. The lowest BCUT2D eigenvalue weighted by atomic mass is 9.76. The minimum atomic E-state index is -0.813. The van der Waals surface area contributed by atoms with Crippen molar-refractivity contribution >= 4 is 45.3 Å². The van der Waals surface area contributed by atoms with E-state index in [0.717, 1.165) is 16.2 Å². The molecule has 130 valence electrons. The number of hydrogen-bond donors (Lipinski definition) is 0. The van der Waals surface area contributed by atoms with Gasteiger partial charge >= 0.3 is 7.12 Å². The van der Waals surface area contributed by atoms with Crippen molar-refractivity contribution in [1.29, 1.82) is 0 Å². The maximum absolute atomic E-state index is 8.61. The molecule has 0 spiro atoms. The molecule has 0 unspecified atom stereocenters. The topological polar surface area (TPSA) is 31.6 Å². The summed E-state index contributed by atoms with van der Waals surface area (Å²) < 4.78 is 43.7. The molecule has 26 heavy (non-hydrogen) atoms. The second kappa shape index (κ2) is 5.12. The first-order chi connectivity index (χ1) is 13.6. The van der Waals surface area contributed by atoms with Gasteiger partial charge in [-0.25, -0.2) is 0 Å². The average Bonchev–Trinajstić information content (AvgIpc) is 3.12. The molecule has 4 heteroatoms. The third kappa shape index (κ3) is 2.16. The predicted molar refractivity (Wildman–Crippen MR) is 107 cm³/mol. The Morgan fingerprint density at radius 3 is 2.23 bits per heavy atom. The van der Waals surface area contributed by atoms with Crippen LogP contribution < -0.4 is 5.46 Å². The molecule has 3 nitrogen and oxygen atoms in total. The van der Waals surface area contributed by atoms with Crippen LogP contribution in [0.5, 0.6) is 0 Å². The zero-order chi connectivity index (χ0) is 20.7. The predicted octanol–water partition coefficient (Wildman–Crippen LogP) is 5.04. The van der Waals surface area contributed by atoms with Crippen molar-refractivity contribution in [2.45, 2.75) is 38.9 Å². The molecule has 1 aliphatic heterocycles. The van der Waals surface area contributed by atoms with Crippen molar-refractivity contribution in [3.63, 3.8) is 0 Å². The first-order valence-corrected chi connectivity index (χ1v) is 8.81. The first kappa shape index (κ1) is 13.0. The molecule has 0 saturated carbocycles. The third-order valence-electron chi connectivity index (χ3n) is 5.69. The number of benzene rings is 3. The van der Waals surface area contributed by atoms with Gasteiger partial charge in [-0.3, -0.25) is 0 Å². The van der Waals surface area contributed by atoms with Gasteiger partial charge in [0.1, 0.15) is 11.2 Å². The number of rotatable bonds is 1. The van der Waals surface area contributed by atoms with Gasteiger partial charge in [-0.2, -0.15) is 0 Å². The second-order valence-electron chi connectivity index (χ2n) is 7.88. The van der Waals surface area contributed by atoms with Gasteiger partial charge in [-0.1, -0.05) is 36.4 Å². The van der Waals surface area contributed by atoms with Crippen LogP contribution >= 0.6 is 0 Å². The molecule has 1 saturated heterocycles. The minimum absolute atomic E-state index is 0.0585. The van der Waals surface area contributed by atoms with E-state index in [0.29, 0.717) is 22.0 Å². The lowest BCUT2D eigenvalue weighted by molar-refractivity contribution is 0.00578.